The first kappa shape index (κ1) is 20.4. The molecule has 2 atom stereocenters. The average molecular weight is 407 g/mol. The quantitative estimate of drug-likeness (QED) is 0.608. The van der Waals surface area contributed by atoms with Crippen LogP contribution in [0.25, 0.3) is 11.0 Å². The molecule has 0 unspecified atom stereocenters. The summed E-state index contributed by atoms with van der Waals surface area (Å²) in [6, 6.07) is -0.308. The molecule has 3 rings (SSSR count). The van der Waals surface area contributed by atoms with Crippen molar-refractivity contribution >= 4 is 34.9 Å². The van der Waals surface area contributed by atoms with E-state index in [9.17, 15) is 14.7 Å². The molecule has 1 aliphatic heterocycles. The highest BCUT2D eigenvalue weighted by Crippen LogP contribution is 2.32. The van der Waals surface area contributed by atoms with Crippen LogP contribution in [0.15, 0.2) is 11.2 Å². The Bertz CT molecular complexity index is 907. The highest BCUT2D eigenvalue weighted by Gasteiger charge is 2.37. The smallest absolute Gasteiger partial charge is 0.410 e. The number of aromatic nitrogens is 4. The van der Waals surface area contributed by atoms with E-state index in [1.54, 1.807) is 15.8 Å². The first-order valence-corrected chi connectivity index (χ1v) is 10.4. The monoisotopic (exact) mass is 407 g/mol. The number of thioether (sulfide) groups is 1. The molecule has 0 aliphatic carbocycles. The van der Waals surface area contributed by atoms with Crippen LogP contribution in [0.2, 0.25) is 0 Å². The van der Waals surface area contributed by atoms with Crippen LogP contribution in [0.1, 0.15) is 57.2 Å². The summed E-state index contributed by atoms with van der Waals surface area (Å²) in [6.45, 7) is 8.10. The van der Waals surface area contributed by atoms with Crippen LogP contribution in [0.4, 0.5) is 4.79 Å². The lowest BCUT2D eigenvalue weighted by molar-refractivity contribution is 0.0185. The largest absolute Gasteiger partial charge is 0.475 e. The number of fused-ring (bicyclic) bond motifs is 1. The zero-order valence-electron chi connectivity index (χ0n) is 16.7. The van der Waals surface area contributed by atoms with Crippen molar-refractivity contribution in [1.82, 2.24) is 24.6 Å². The summed E-state index contributed by atoms with van der Waals surface area (Å²) >= 11 is 1.35. The minimum absolute atomic E-state index is 0.112. The predicted octanol–water partition coefficient (Wildman–Crippen LogP) is 3.21. The highest BCUT2D eigenvalue weighted by atomic mass is 32.2. The SMILES string of the molecule is CSc1nc(C(=O)O)nc2c1cnn2[C@@H](C)[C@@H]1CCCN1C(=O)OC(C)(C)C. The number of aromatic carboxylic acids is 1. The van der Waals surface area contributed by atoms with Crippen LogP contribution >= 0.6 is 11.8 Å². The molecule has 1 aliphatic rings. The fourth-order valence-electron chi connectivity index (χ4n) is 3.45. The Morgan fingerprint density at radius 1 is 1.36 bits per heavy atom. The summed E-state index contributed by atoms with van der Waals surface area (Å²) in [7, 11) is 0. The van der Waals surface area contributed by atoms with E-state index in [2.05, 4.69) is 15.1 Å². The number of likely N-dealkylation sites (tertiary alicyclic amines) is 1. The van der Waals surface area contributed by atoms with Gasteiger partial charge in [0.05, 0.1) is 23.7 Å². The van der Waals surface area contributed by atoms with Crippen molar-refractivity contribution in [1.29, 1.82) is 0 Å². The van der Waals surface area contributed by atoms with Gasteiger partial charge in [0.2, 0.25) is 5.82 Å². The van der Waals surface area contributed by atoms with Crippen LogP contribution in [0, 0.1) is 0 Å². The second-order valence-electron chi connectivity index (χ2n) is 7.81. The van der Waals surface area contributed by atoms with Crippen molar-refractivity contribution in [2.75, 3.05) is 12.8 Å². The predicted molar refractivity (Wildman–Crippen MR) is 105 cm³/mol. The molecular weight excluding hydrogens is 382 g/mol. The molecule has 1 N–H and O–H groups in total. The summed E-state index contributed by atoms with van der Waals surface area (Å²) in [5.74, 6) is -1.45. The van der Waals surface area contributed by atoms with Crippen molar-refractivity contribution in [3.05, 3.63) is 12.0 Å². The molecule has 0 saturated carbocycles. The third kappa shape index (κ3) is 3.91. The molecule has 0 radical (unpaired) electrons. The van der Waals surface area contributed by atoms with Gasteiger partial charge in [-0.25, -0.2) is 24.2 Å². The van der Waals surface area contributed by atoms with Gasteiger partial charge in [0.25, 0.3) is 0 Å². The number of rotatable bonds is 4. The van der Waals surface area contributed by atoms with Gasteiger partial charge in [0.15, 0.2) is 5.65 Å². The van der Waals surface area contributed by atoms with Gasteiger partial charge in [-0.15, -0.1) is 11.8 Å². The normalized spacial score (nSPS) is 18.5. The standard InChI is InChI=1S/C18H25N5O4S/c1-10(12-7-6-8-22(12)17(26)27-18(2,3)4)23-14-11(9-19-23)15(28-5)21-13(20-14)16(24)25/h9-10,12H,6-8H2,1-5H3,(H,24,25)/t10-,12-/m0/s1. The lowest BCUT2D eigenvalue weighted by atomic mass is 10.1. The first-order valence-electron chi connectivity index (χ1n) is 9.14. The van der Waals surface area contributed by atoms with E-state index in [1.807, 2.05) is 34.0 Å². The van der Waals surface area contributed by atoms with Gasteiger partial charge in [0.1, 0.15) is 10.6 Å². The number of hydrogen-bond donors (Lipinski definition) is 1. The Hall–Kier alpha value is -2.36. The second-order valence-corrected chi connectivity index (χ2v) is 8.61. The molecule has 1 amide bonds. The lowest BCUT2D eigenvalue weighted by Gasteiger charge is -2.31. The molecule has 2 aromatic heterocycles. The molecule has 3 heterocycles. The van der Waals surface area contributed by atoms with Gasteiger partial charge < -0.3 is 14.7 Å². The van der Waals surface area contributed by atoms with Crippen LogP contribution in [-0.2, 0) is 4.74 Å². The summed E-state index contributed by atoms with van der Waals surface area (Å²) in [5.41, 5.74) is -0.108. The fourth-order valence-corrected chi connectivity index (χ4v) is 4.00. The number of hydrogen-bond acceptors (Lipinski definition) is 7. The van der Waals surface area contributed by atoms with E-state index in [0.29, 0.717) is 22.6 Å². The molecule has 0 spiro atoms. The van der Waals surface area contributed by atoms with Gasteiger partial charge in [-0.1, -0.05) is 0 Å². The molecule has 1 saturated heterocycles. The topological polar surface area (TPSA) is 110 Å². The van der Waals surface area contributed by atoms with Crippen LogP contribution in [0.3, 0.4) is 0 Å². The fraction of sp³-hybridized carbons (Fsp3) is 0.611. The van der Waals surface area contributed by atoms with Crippen molar-refractivity contribution in [3.8, 4) is 0 Å². The number of carbonyl (C=O) groups is 2. The van der Waals surface area contributed by atoms with Gasteiger partial charge in [0, 0.05) is 6.54 Å². The molecule has 2 aromatic rings. The number of carboxylic acids is 1. The zero-order chi connectivity index (χ0) is 20.6. The number of carboxylic acid groups (broad SMARTS) is 1. The number of amides is 1. The van der Waals surface area contributed by atoms with E-state index in [1.165, 1.54) is 11.8 Å². The Morgan fingerprint density at radius 2 is 2.07 bits per heavy atom. The van der Waals surface area contributed by atoms with Crippen molar-refractivity contribution in [2.24, 2.45) is 0 Å². The molecule has 0 aromatic carbocycles. The van der Waals surface area contributed by atoms with Crippen LogP contribution in [-0.4, -0.2) is 66.3 Å². The summed E-state index contributed by atoms with van der Waals surface area (Å²) < 4.78 is 7.24. The van der Waals surface area contributed by atoms with E-state index >= 15 is 0 Å². The maximum atomic E-state index is 12.6. The van der Waals surface area contributed by atoms with Gasteiger partial charge in [-0.2, -0.15) is 5.10 Å². The summed E-state index contributed by atoms with van der Waals surface area (Å²) in [6.07, 6.45) is 4.82. The third-order valence-electron chi connectivity index (χ3n) is 4.67. The molecule has 152 valence electrons. The molecular formula is C18H25N5O4S. The molecule has 28 heavy (non-hydrogen) atoms. The maximum absolute atomic E-state index is 12.6. The van der Waals surface area contributed by atoms with E-state index < -0.39 is 11.6 Å². The Kier molecular flexibility index (Phi) is 5.51. The lowest BCUT2D eigenvalue weighted by Crippen LogP contribution is -2.43. The average Bonchev–Trinajstić information content (AvgIpc) is 3.25. The minimum atomic E-state index is -1.19. The Balaban J connectivity index is 1.96. The van der Waals surface area contributed by atoms with Crippen molar-refractivity contribution in [3.63, 3.8) is 0 Å². The van der Waals surface area contributed by atoms with E-state index in [-0.39, 0.29) is 24.0 Å². The highest BCUT2D eigenvalue weighted by molar-refractivity contribution is 7.98. The van der Waals surface area contributed by atoms with Gasteiger partial charge in [-0.3, -0.25) is 0 Å². The Labute approximate surface area is 167 Å². The Morgan fingerprint density at radius 3 is 2.68 bits per heavy atom. The molecule has 10 heteroatoms. The minimum Gasteiger partial charge on any atom is -0.475 e. The molecule has 1 fully saturated rings. The number of carbonyl (C=O) groups excluding carboxylic acids is 1. The maximum Gasteiger partial charge on any atom is 0.410 e. The summed E-state index contributed by atoms with van der Waals surface area (Å²) in [4.78, 5) is 34.1. The summed E-state index contributed by atoms with van der Waals surface area (Å²) in [5, 5.41) is 15.0. The van der Waals surface area contributed by atoms with E-state index in [0.717, 1.165) is 12.8 Å². The number of ether oxygens (including phenoxy) is 1. The third-order valence-corrected chi connectivity index (χ3v) is 5.37. The van der Waals surface area contributed by atoms with Gasteiger partial charge in [-0.05, 0) is 46.8 Å². The van der Waals surface area contributed by atoms with Crippen LogP contribution in [0.5, 0.6) is 0 Å². The van der Waals surface area contributed by atoms with E-state index in [4.69, 9.17) is 4.74 Å². The van der Waals surface area contributed by atoms with Gasteiger partial charge >= 0.3 is 12.1 Å². The molecule has 0 bridgehead atoms. The van der Waals surface area contributed by atoms with Crippen molar-refractivity contribution < 1.29 is 19.4 Å². The van der Waals surface area contributed by atoms with Crippen molar-refractivity contribution in [2.45, 2.75) is 63.2 Å². The zero-order valence-corrected chi connectivity index (χ0v) is 17.5. The first-order chi connectivity index (χ1) is 13.1. The van der Waals surface area contributed by atoms with Crippen LogP contribution < -0.4 is 0 Å². The molecule has 9 nitrogen and oxygen atoms in total. The second kappa shape index (κ2) is 7.57. The number of nitrogens with zero attached hydrogens (tertiary/aromatic N) is 5.